The van der Waals surface area contributed by atoms with Gasteiger partial charge in [0.15, 0.2) is 0 Å². The van der Waals surface area contributed by atoms with Crippen LogP contribution in [-0.2, 0) is 0 Å². The van der Waals surface area contributed by atoms with E-state index in [1.807, 2.05) is 30.3 Å². The van der Waals surface area contributed by atoms with Gasteiger partial charge in [0.1, 0.15) is 5.69 Å². The van der Waals surface area contributed by atoms with Gasteiger partial charge < -0.3 is 11.5 Å². The van der Waals surface area contributed by atoms with E-state index in [1.165, 1.54) is 0 Å². The molecule has 0 unspecified atom stereocenters. The Morgan fingerprint density at radius 1 is 0.882 bits per heavy atom. The zero-order chi connectivity index (χ0) is 12.3. The van der Waals surface area contributed by atoms with Crippen LogP contribution >= 0.6 is 11.6 Å². The summed E-state index contributed by atoms with van der Waals surface area (Å²) in [7, 11) is 0. The molecule has 0 aliphatic rings. The molecule has 0 fully saturated rings. The van der Waals surface area contributed by atoms with Crippen molar-refractivity contribution in [1.82, 2.24) is 0 Å². The number of hydrogen-bond donors (Lipinski definition) is 2. The Bertz CT molecular complexity index is 552. The van der Waals surface area contributed by atoms with Crippen LogP contribution < -0.4 is 11.5 Å². The Kier molecular flexibility index (Phi) is 3.25. The maximum absolute atomic E-state index is 5.89. The molecular formula is C12H11ClN4. The number of halogens is 1. The fraction of sp³-hybridized carbons (Fsp3) is 0. The summed E-state index contributed by atoms with van der Waals surface area (Å²) < 4.78 is 0. The van der Waals surface area contributed by atoms with Crippen molar-refractivity contribution < 1.29 is 0 Å². The van der Waals surface area contributed by atoms with Crippen molar-refractivity contribution in [3.63, 3.8) is 0 Å². The van der Waals surface area contributed by atoms with Crippen LogP contribution in [0.4, 0.5) is 22.7 Å². The first-order chi connectivity index (χ1) is 8.16. The zero-order valence-electron chi connectivity index (χ0n) is 8.97. The maximum Gasteiger partial charge on any atom is 0.110 e. The summed E-state index contributed by atoms with van der Waals surface area (Å²) in [6.45, 7) is 0. The number of anilines is 2. The number of benzene rings is 2. The van der Waals surface area contributed by atoms with E-state index in [-0.39, 0.29) is 0 Å². The van der Waals surface area contributed by atoms with Crippen molar-refractivity contribution in [2.75, 3.05) is 11.5 Å². The third-order valence-corrected chi connectivity index (χ3v) is 2.50. The zero-order valence-corrected chi connectivity index (χ0v) is 9.72. The lowest BCUT2D eigenvalue weighted by molar-refractivity contribution is 1.23. The van der Waals surface area contributed by atoms with Gasteiger partial charge in [-0.2, -0.15) is 5.11 Å². The van der Waals surface area contributed by atoms with E-state index in [2.05, 4.69) is 10.2 Å². The van der Waals surface area contributed by atoms with Crippen LogP contribution in [0, 0.1) is 0 Å². The van der Waals surface area contributed by atoms with Gasteiger partial charge in [-0.1, -0.05) is 29.8 Å². The first-order valence-electron chi connectivity index (χ1n) is 4.98. The van der Waals surface area contributed by atoms with Crippen LogP contribution in [0.5, 0.6) is 0 Å². The van der Waals surface area contributed by atoms with Gasteiger partial charge in [-0.05, 0) is 24.3 Å². The molecule has 0 atom stereocenters. The Hall–Kier alpha value is -2.07. The van der Waals surface area contributed by atoms with E-state index >= 15 is 0 Å². The SMILES string of the molecule is Nc1cc(N)c(N=Nc2ccccc2)cc1Cl. The summed E-state index contributed by atoms with van der Waals surface area (Å²) in [6.07, 6.45) is 0. The lowest BCUT2D eigenvalue weighted by Crippen LogP contribution is -1.91. The van der Waals surface area contributed by atoms with Crippen LogP contribution in [0.1, 0.15) is 0 Å². The van der Waals surface area contributed by atoms with E-state index in [9.17, 15) is 0 Å². The topological polar surface area (TPSA) is 76.8 Å². The molecule has 0 aliphatic carbocycles. The molecular weight excluding hydrogens is 236 g/mol. The molecule has 86 valence electrons. The average molecular weight is 247 g/mol. The fourth-order valence-corrected chi connectivity index (χ4v) is 1.45. The van der Waals surface area contributed by atoms with Crippen LogP contribution in [-0.4, -0.2) is 0 Å². The van der Waals surface area contributed by atoms with Crippen molar-refractivity contribution in [3.05, 3.63) is 47.5 Å². The number of nitrogens with two attached hydrogens (primary N) is 2. The highest BCUT2D eigenvalue weighted by atomic mass is 35.5. The lowest BCUT2D eigenvalue weighted by atomic mass is 10.2. The smallest absolute Gasteiger partial charge is 0.110 e. The van der Waals surface area contributed by atoms with Gasteiger partial charge in [0.2, 0.25) is 0 Å². The van der Waals surface area contributed by atoms with Gasteiger partial charge >= 0.3 is 0 Å². The van der Waals surface area contributed by atoms with Crippen molar-refractivity contribution >= 4 is 34.4 Å². The highest BCUT2D eigenvalue weighted by Crippen LogP contribution is 2.32. The van der Waals surface area contributed by atoms with Crippen LogP contribution in [0.25, 0.3) is 0 Å². The summed E-state index contributed by atoms with van der Waals surface area (Å²) in [5.41, 5.74) is 13.5. The average Bonchev–Trinajstić information content (AvgIpc) is 2.33. The maximum atomic E-state index is 5.89. The van der Waals surface area contributed by atoms with Crippen LogP contribution in [0.2, 0.25) is 5.02 Å². The second kappa shape index (κ2) is 4.84. The van der Waals surface area contributed by atoms with E-state index in [4.69, 9.17) is 23.1 Å². The van der Waals surface area contributed by atoms with Gasteiger partial charge in [0, 0.05) is 0 Å². The van der Waals surface area contributed by atoms with Crippen molar-refractivity contribution in [2.24, 2.45) is 10.2 Å². The molecule has 4 nitrogen and oxygen atoms in total. The number of rotatable bonds is 2. The number of hydrogen-bond acceptors (Lipinski definition) is 4. The molecule has 0 aromatic heterocycles. The third kappa shape index (κ3) is 2.73. The minimum absolute atomic E-state index is 0.418. The summed E-state index contributed by atoms with van der Waals surface area (Å²) in [5.74, 6) is 0. The van der Waals surface area contributed by atoms with Gasteiger partial charge in [-0.3, -0.25) is 0 Å². The molecule has 2 rings (SSSR count). The first kappa shape index (κ1) is 11.4. The van der Waals surface area contributed by atoms with Gasteiger partial charge in [0.05, 0.1) is 22.1 Å². The van der Waals surface area contributed by atoms with Gasteiger partial charge in [-0.15, -0.1) is 5.11 Å². The summed E-state index contributed by atoms with van der Waals surface area (Å²) >= 11 is 5.89. The Balaban J connectivity index is 2.31. The molecule has 0 aliphatic heterocycles. The Morgan fingerprint density at radius 2 is 1.59 bits per heavy atom. The monoisotopic (exact) mass is 246 g/mol. The predicted octanol–water partition coefficient (Wildman–Crippen LogP) is 3.92. The molecule has 0 heterocycles. The minimum atomic E-state index is 0.418. The molecule has 0 spiro atoms. The molecule has 0 radical (unpaired) electrons. The highest BCUT2D eigenvalue weighted by Gasteiger charge is 2.03. The largest absolute Gasteiger partial charge is 0.397 e. The molecule has 0 saturated heterocycles. The molecule has 17 heavy (non-hydrogen) atoms. The lowest BCUT2D eigenvalue weighted by Gasteiger charge is -2.02. The van der Waals surface area contributed by atoms with E-state index < -0.39 is 0 Å². The predicted molar refractivity (Wildman–Crippen MR) is 70.9 cm³/mol. The molecule has 0 amide bonds. The summed E-state index contributed by atoms with van der Waals surface area (Å²) in [6, 6.07) is 12.5. The standard InChI is InChI=1S/C12H11ClN4/c13-9-6-12(11(15)7-10(9)14)17-16-8-4-2-1-3-5-8/h1-7H,14-15H2. The number of nitrogen functional groups attached to an aromatic ring is 2. The quantitative estimate of drug-likeness (QED) is 0.622. The molecule has 2 aromatic rings. The molecule has 0 saturated carbocycles. The normalized spacial score (nSPS) is 10.9. The fourth-order valence-electron chi connectivity index (χ4n) is 1.29. The van der Waals surface area contributed by atoms with E-state index in [0.717, 1.165) is 5.69 Å². The van der Waals surface area contributed by atoms with Gasteiger partial charge in [0.25, 0.3) is 0 Å². The minimum Gasteiger partial charge on any atom is -0.397 e. The second-order valence-electron chi connectivity index (χ2n) is 3.47. The van der Waals surface area contributed by atoms with Crippen LogP contribution in [0.15, 0.2) is 52.7 Å². The highest BCUT2D eigenvalue weighted by molar-refractivity contribution is 6.33. The van der Waals surface area contributed by atoms with E-state index in [1.54, 1.807) is 12.1 Å². The van der Waals surface area contributed by atoms with Crippen molar-refractivity contribution in [1.29, 1.82) is 0 Å². The van der Waals surface area contributed by atoms with Crippen molar-refractivity contribution in [2.45, 2.75) is 0 Å². The molecule has 4 N–H and O–H groups in total. The second-order valence-corrected chi connectivity index (χ2v) is 3.88. The summed E-state index contributed by atoms with van der Waals surface area (Å²) in [4.78, 5) is 0. The Morgan fingerprint density at radius 3 is 2.29 bits per heavy atom. The van der Waals surface area contributed by atoms with Gasteiger partial charge in [-0.25, -0.2) is 0 Å². The third-order valence-electron chi connectivity index (χ3n) is 2.18. The Labute approximate surface area is 104 Å². The first-order valence-corrected chi connectivity index (χ1v) is 5.36. The van der Waals surface area contributed by atoms with E-state index in [0.29, 0.717) is 22.1 Å². The van der Waals surface area contributed by atoms with Crippen LogP contribution in [0.3, 0.4) is 0 Å². The molecule has 5 heteroatoms. The summed E-state index contributed by atoms with van der Waals surface area (Å²) in [5, 5.41) is 8.51. The number of nitrogens with zero attached hydrogens (tertiary/aromatic N) is 2. The van der Waals surface area contributed by atoms with Crippen molar-refractivity contribution in [3.8, 4) is 0 Å². The number of azo groups is 1. The molecule has 0 bridgehead atoms. The molecule has 2 aromatic carbocycles.